The molecule has 1 N–H and O–H groups in total. The van der Waals surface area contributed by atoms with E-state index in [0.717, 1.165) is 34.9 Å². The van der Waals surface area contributed by atoms with Gasteiger partial charge in [-0.25, -0.2) is 0 Å². The number of hydrogen-bond acceptors (Lipinski definition) is 4. The van der Waals surface area contributed by atoms with E-state index < -0.39 is 0 Å². The number of aryl methyl sites for hydroxylation is 1. The van der Waals surface area contributed by atoms with Crippen LogP contribution in [0.3, 0.4) is 0 Å². The third-order valence-corrected chi connectivity index (χ3v) is 7.03. The lowest BCUT2D eigenvalue weighted by Crippen LogP contribution is -2.50. The molecule has 3 aromatic carbocycles. The van der Waals surface area contributed by atoms with Gasteiger partial charge in [0.05, 0.1) is 18.4 Å². The number of ether oxygens (including phenoxy) is 1. The molecule has 0 spiro atoms. The third-order valence-electron chi connectivity index (χ3n) is 7.03. The minimum absolute atomic E-state index is 0.0217. The largest absolute Gasteiger partial charge is 0.497 e. The van der Waals surface area contributed by atoms with E-state index in [9.17, 15) is 14.4 Å². The van der Waals surface area contributed by atoms with Gasteiger partial charge in [-0.3, -0.25) is 14.4 Å². The summed E-state index contributed by atoms with van der Waals surface area (Å²) in [4.78, 5) is 42.4. The predicted octanol–water partition coefficient (Wildman–Crippen LogP) is 4.11. The van der Waals surface area contributed by atoms with Crippen molar-refractivity contribution in [2.24, 2.45) is 5.92 Å². The van der Waals surface area contributed by atoms with E-state index in [2.05, 4.69) is 5.32 Å². The number of hydrogen-bond donors (Lipinski definition) is 1. The van der Waals surface area contributed by atoms with Crippen LogP contribution in [0, 0.1) is 5.92 Å². The molecule has 3 aromatic rings. The molecule has 2 fully saturated rings. The van der Waals surface area contributed by atoms with Crippen molar-refractivity contribution in [3.63, 3.8) is 0 Å². The molecule has 1 aliphatic heterocycles. The second kappa shape index (κ2) is 10.4. The van der Waals surface area contributed by atoms with Crippen molar-refractivity contribution in [3.8, 4) is 5.75 Å². The summed E-state index contributed by atoms with van der Waals surface area (Å²) in [7, 11) is 1.63. The number of benzene rings is 3. The zero-order chi connectivity index (χ0) is 25.1. The summed E-state index contributed by atoms with van der Waals surface area (Å²) in [6.07, 6.45) is 2.90. The number of piperazine rings is 1. The van der Waals surface area contributed by atoms with E-state index >= 15 is 0 Å². The van der Waals surface area contributed by atoms with Crippen LogP contribution < -0.4 is 10.1 Å². The Morgan fingerprint density at radius 1 is 0.889 bits per heavy atom. The van der Waals surface area contributed by atoms with Gasteiger partial charge in [-0.05, 0) is 59.9 Å². The Labute approximate surface area is 211 Å². The molecule has 186 valence electrons. The van der Waals surface area contributed by atoms with Crippen LogP contribution in [0.5, 0.6) is 5.75 Å². The molecule has 2 aliphatic rings. The number of methoxy groups -OCH3 is 1. The lowest BCUT2D eigenvalue weighted by Gasteiger charge is -2.35. The van der Waals surface area contributed by atoms with E-state index in [-0.39, 0.29) is 23.6 Å². The lowest BCUT2D eigenvalue weighted by molar-refractivity contribution is -0.132. The van der Waals surface area contributed by atoms with Gasteiger partial charge in [0, 0.05) is 38.5 Å². The summed E-state index contributed by atoms with van der Waals surface area (Å²) in [5.74, 6) is 0.809. The maximum absolute atomic E-state index is 13.5. The van der Waals surface area contributed by atoms with Crippen LogP contribution in [0.1, 0.15) is 35.2 Å². The SMILES string of the molecule is COc1ccc(CCC(=O)N2CCN(C(=O)c3cc4ccccc4cc3NC(=O)C3CC3)CC2)cc1. The molecule has 0 aromatic heterocycles. The van der Waals surface area contributed by atoms with Gasteiger partial charge in [-0.15, -0.1) is 0 Å². The average molecular weight is 486 g/mol. The molecule has 3 amide bonds. The van der Waals surface area contributed by atoms with Crippen molar-refractivity contribution < 1.29 is 19.1 Å². The molecular formula is C29H31N3O4. The molecule has 0 radical (unpaired) electrons. The summed E-state index contributed by atoms with van der Waals surface area (Å²) in [5.41, 5.74) is 2.16. The monoisotopic (exact) mass is 485 g/mol. The highest BCUT2D eigenvalue weighted by molar-refractivity contribution is 6.08. The van der Waals surface area contributed by atoms with Gasteiger partial charge in [0.25, 0.3) is 5.91 Å². The molecule has 36 heavy (non-hydrogen) atoms. The number of nitrogens with zero attached hydrogens (tertiary/aromatic N) is 2. The van der Waals surface area contributed by atoms with Crippen LogP contribution in [0.2, 0.25) is 0 Å². The van der Waals surface area contributed by atoms with Gasteiger partial charge in [-0.1, -0.05) is 36.4 Å². The molecule has 0 atom stereocenters. The standard InChI is InChI=1S/C29H31N3O4/c1-36-24-11-6-20(7-12-24)8-13-27(33)31-14-16-32(17-15-31)29(35)25-18-22-4-2-3-5-23(22)19-26(25)30-28(34)21-9-10-21/h2-7,11-12,18-19,21H,8-10,13-17H2,1H3,(H,30,34). The highest BCUT2D eigenvalue weighted by atomic mass is 16.5. The van der Waals surface area contributed by atoms with Gasteiger partial charge >= 0.3 is 0 Å². The normalized spacial score (nSPS) is 15.6. The van der Waals surface area contributed by atoms with Gasteiger partial charge in [0.15, 0.2) is 0 Å². The number of anilines is 1. The Bertz CT molecular complexity index is 1280. The van der Waals surface area contributed by atoms with Crippen LogP contribution in [0.4, 0.5) is 5.69 Å². The Balaban J connectivity index is 1.22. The summed E-state index contributed by atoms with van der Waals surface area (Å²) in [5, 5.41) is 4.93. The zero-order valence-electron chi connectivity index (χ0n) is 20.5. The zero-order valence-corrected chi connectivity index (χ0v) is 20.5. The lowest BCUT2D eigenvalue weighted by atomic mass is 10.0. The molecule has 0 unspecified atom stereocenters. The maximum atomic E-state index is 13.5. The minimum Gasteiger partial charge on any atom is -0.497 e. The summed E-state index contributed by atoms with van der Waals surface area (Å²) in [6.45, 7) is 1.95. The van der Waals surface area contributed by atoms with Crippen molar-refractivity contribution in [3.05, 3.63) is 71.8 Å². The molecular weight excluding hydrogens is 454 g/mol. The Hall–Kier alpha value is -3.87. The quantitative estimate of drug-likeness (QED) is 0.546. The third kappa shape index (κ3) is 5.35. The van der Waals surface area contributed by atoms with Crippen molar-refractivity contribution >= 4 is 34.2 Å². The van der Waals surface area contributed by atoms with Crippen molar-refractivity contribution in [1.29, 1.82) is 0 Å². The fourth-order valence-corrected chi connectivity index (χ4v) is 4.63. The maximum Gasteiger partial charge on any atom is 0.256 e. The van der Waals surface area contributed by atoms with E-state index in [1.54, 1.807) is 12.0 Å². The second-order valence-electron chi connectivity index (χ2n) is 9.53. The highest BCUT2D eigenvalue weighted by Gasteiger charge is 2.31. The molecule has 7 nitrogen and oxygen atoms in total. The van der Waals surface area contributed by atoms with Gasteiger partial charge in [-0.2, -0.15) is 0 Å². The Morgan fingerprint density at radius 2 is 1.53 bits per heavy atom. The van der Waals surface area contributed by atoms with E-state index in [4.69, 9.17) is 4.74 Å². The van der Waals surface area contributed by atoms with Crippen molar-refractivity contribution in [2.45, 2.75) is 25.7 Å². The number of carbonyl (C=O) groups excluding carboxylic acids is 3. The topological polar surface area (TPSA) is 79.0 Å². The van der Waals surface area contributed by atoms with Gasteiger partial charge < -0.3 is 19.9 Å². The summed E-state index contributed by atoms with van der Waals surface area (Å²) < 4.78 is 5.18. The van der Waals surface area contributed by atoms with Crippen LogP contribution in [-0.2, 0) is 16.0 Å². The molecule has 1 saturated carbocycles. The molecule has 1 saturated heterocycles. The number of rotatable bonds is 7. The number of amides is 3. The fraction of sp³-hybridized carbons (Fsp3) is 0.345. The number of fused-ring (bicyclic) bond motifs is 1. The summed E-state index contributed by atoms with van der Waals surface area (Å²) >= 11 is 0. The van der Waals surface area contributed by atoms with Crippen LogP contribution in [0.25, 0.3) is 10.8 Å². The second-order valence-corrected chi connectivity index (χ2v) is 9.53. The number of nitrogens with one attached hydrogen (secondary N) is 1. The Kier molecular flexibility index (Phi) is 6.89. The van der Waals surface area contributed by atoms with Crippen LogP contribution in [0.15, 0.2) is 60.7 Å². The van der Waals surface area contributed by atoms with E-state index in [0.29, 0.717) is 50.3 Å². The van der Waals surface area contributed by atoms with E-state index in [1.807, 2.05) is 65.6 Å². The first-order valence-corrected chi connectivity index (χ1v) is 12.6. The fourth-order valence-electron chi connectivity index (χ4n) is 4.63. The first kappa shape index (κ1) is 23.9. The molecule has 1 aliphatic carbocycles. The smallest absolute Gasteiger partial charge is 0.256 e. The molecule has 5 rings (SSSR count). The first-order chi connectivity index (χ1) is 17.5. The van der Waals surface area contributed by atoms with E-state index in [1.165, 1.54) is 0 Å². The molecule has 7 heteroatoms. The Morgan fingerprint density at radius 3 is 2.17 bits per heavy atom. The average Bonchev–Trinajstić information content (AvgIpc) is 3.77. The van der Waals surface area contributed by atoms with Crippen molar-refractivity contribution in [2.75, 3.05) is 38.6 Å². The minimum atomic E-state index is -0.114. The predicted molar refractivity (Wildman–Crippen MR) is 139 cm³/mol. The summed E-state index contributed by atoms with van der Waals surface area (Å²) in [6, 6.07) is 19.4. The number of carbonyl (C=O) groups is 3. The van der Waals surface area contributed by atoms with Gasteiger partial charge in [0.1, 0.15) is 5.75 Å². The van der Waals surface area contributed by atoms with Crippen LogP contribution in [-0.4, -0.2) is 60.8 Å². The van der Waals surface area contributed by atoms with Gasteiger partial charge in [0.2, 0.25) is 11.8 Å². The van der Waals surface area contributed by atoms with Crippen LogP contribution >= 0.6 is 0 Å². The highest BCUT2D eigenvalue weighted by Crippen LogP contribution is 2.32. The van der Waals surface area contributed by atoms with Crippen molar-refractivity contribution in [1.82, 2.24) is 9.80 Å². The molecule has 1 heterocycles. The molecule has 0 bridgehead atoms. The first-order valence-electron chi connectivity index (χ1n) is 12.6.